The van der Waals surface area contributed by atoms with E-state index in [1.807, 2.05) is 0 Å². The molecule has 4 aliphatic rings. The molecule has 294 valence electrons. The molecule has 0 spiro atoms. The molecule has 0 aromatic rings. The average Bonchev–Trinajstić information content (AvgIpc) is 3.45. The van der Waals surface area contributed by atoms with E-state index in [2.05, 4.69) is 40.7 Å². The highest BCUT2D eigenvalue weighted by Crippen LogP contribution is 2.67. The second-order valence-corrected chi connectivity index (χ2v) is 17.2. The number of ketones is 1. The quantitative estimate of drug-likeness (QED) is 0.0561. The monoisotopic (exact) mass is 720 g/mol. The van der Waals surface area contributed by atoms with Crippen molar-refractivity contribution >= 4 is 11.8 Å². The Balaban J connectivity index is 1.14. The highest BCUT2D eigenvalue weighted by Gasteiger charge is 2.59. The summed E-state index contributed by atoms with van der Waals surface area (Å²) in [5, 5.41) is 9.64. The molecule has 4 aliphatic carbocycles. The molecule has 5 unspecified atom stereocenters. The van der Waals surface area contributed by atoms with Gasteiger partial charge >= 0.3 is 5.97 Å². The molecule has 4 rings (SSSR count). The van der Waals surface area contributed by atoms with Crippen LogP contribution in [-0.2, 0) is 33.3 Å². The minimum Gasteiger partial charge on any atom is -0.481 e. The predicted octanol–water partition coefficient (Wildman–Crippen LogP) is 7.49. The van der Waals surface area contributed by atoms with Crippen molar-refractivity contribution in [3.8, 4) is 0 Å². The Morgan fingerprint density at radius 1 is 0.843 bits per heavy atom. The van der Waals surface area contributed by atoms with Crippen molar-refractivity contribution in [2.45, 2.75) is 124 Å². The lowest BCUT2D eigenvalue weighted by Gasteiger charge is -2.58. The first-order chi connectivity index (χ1) is 24.5. The maximum absolute atomic E-state index is 12.8. The largest absolute Gasteiger partial charge is 0.481 e. The van der Waals surface area contributed by atoms with Gasteiger partial charge in [-0.05, 0) is 104 Å². The van der Waals surface area contributed by atoms with E-state index >= 15 is 0 Å². The number of Topliss-reactive ketones (excluding diaryl/α,β-unsaturated/α-hetero) is 1. The molecule has 0 aromatic carbocycles. The summed E-state index contributed by atoms with van der Waals surface area (Å²) in [6.07, 6.45) is 17.7. The van der Waals surface area contributed by atoms with Gasteiger partial charge in [0, 0.05) is 19.6 Å². The van der Waals surface area contributed by atoms with Crippen LogP contribution in [0.5, 0.6) is 0 Å². The van der Waals surface area contributed by atoms with E-state index in [1.165, 1.54) is 57.8 Å². The number of carboxylic acids is 1. The van der Waals surface area contributed by atoms with Crippen molar-refractivity contribution in [1.82, 2.24) is 0 Å². The molecule has 0 saturated heterocycles. The van der Waals surface area contributed by atoms with Crippen molar-refractivity contribution in [1.29, 1.82) is 0 Å². The van der Waals surface area contributed by atoms with Gasteiger partial charge in [0.2, 0.25) is 0 Å². The summed E-state index contributed by atoms with van der Waals surface area (Å²) in [5.74, 6) is 2.39. The number of allylic oxidation sites excluding steroid dienone is 1. The summed E-state index contributed by atoms with van der Waals surface area (Å²) in [4.78, 5) is 24.6. The van der Waals surface area contributed by atoms with Gasteiger partial charge in [-0.2, -0.15) is 0 Å². The Labute approximate surface area is 309 Å². The van der Waals surface area contributed by atoms with Crippen LogP contribution in [0.25, 0.3) is 0 Å². The second kappa shape index (κ2) is 20.9. The number of hydrogen-bond acceptors (Lipinski definition) is 8. The molecule has 0 radical (unpaired) electrons. The number of fused-ring (bicyclic) bond motifs is 5. The summed E-state index contributed by atoms with van der Waals surface area (Å²) in [5.41, 5.74) is 7.77. The van der Waals surface area contributed by atoms with Gasteiger partial charge in [0.1, 0.15) is 11.7 Å². The molecule has 0 aliphatic heterocycles. The third-order valence-corrected chi connectivity index (χ3v) is 13.5. The Morgan fingerprint density at radius 3 is 2.20 bits per heavy atom. The molecule has 9 atom stereocenters. The van der Waals surface area contributed by atoms with E-state index in [1.54, 1.807) is 5.57 Å². The fourth-order valence-electron chi connectivity index (χ4n) is 10.7. The van der Waals surface area contributed by atoms with Crippen molar-refractivity contribution in [3.63, 3.8) is 0 Å². The lowest BCUT2D eigenvalue weighted by Crippen LogP contribution is -2.51. The molecular weight excluding hydrogens is 646 g/mol. The molecule has 0 heterocycles. The van der Waals surface area contributed by atoms with Crippen LogP contribution in [0, 0.1) is 52.3 Å². The van der Waals surface area contributed by atoms with E-state index in [-0.39, 0.29) is 36.9 Å². The first kappa shape index (κ1) is 42.4. The molecular formula is C42H73NO8. The van der Waals surface area contributed by atoms with E-state index < -0.39 is 11.9 Å². The van der Waals surface area contributed by atoms with Gasteiger partial charge in [-0.1, -0.05) is 65.5 Å². The highest BCUT2D eigenvalue weighted by atomic mass is 16.6. The highest BCUT2D eigenvalue weighted by molar-refractivity contribution is 5.98. The average molecular weight is 720 g/mol. The van der Waals surface area contributed by atoms with E-state index in [0.29, 0.717) is 64.6 Å². The van der Waals surface area contributed by atoms with Crippen LogP contribution in [0.4, 0.5) is 0 Å². The first-order valence-corrected chi connectivity index (χ1v) is 20.6. The maximum Gasteiger partial charge on any atom is 0.316 e. The Kier molecular flexibility index (Phi) is 17.4. The lowest BCUT2D eigenvalue weighted by molar-refractivity contribution is -0.149. The normalized spacial score (nSPS) is 31.4. The standard InChI is InChI=1S/C42H73NO8/c1-30(2)8-6-9-31(3)36-13-14-37-34-12-11-32-28-33(15-17-41(32,4)38(34)16-18-42(36,37)5)51-20-7-10-39(44)35(40(45)46)29-50-27-26-49-25-24-48-23-22-47-21-19-43/h11,30-31,33-38H,6-10,12-29,43H2,1-5H3,(H,45,46)/t31-,33?,34?,35?,36-,37?,38?,41+,42-/m1/s1. The van der Waals surface area contributed by atoms with E-state index in [4.69, 9.17) is 29.4 Å². The topological polar surface area (TPSA) is 127 Å². The van der Waals surface area contributed by atoms with Gasteiger partial charge in [-0.25, -0.2) is 0 Å². The number of nitrogens with two attached hydrogens (primary N) is 1. The van der Waals surface area contributed by atoms with Crippen LogP contribution in [0.3, 0.4) is 0 Å². The summed E-state index contributed by atoms with van der Waals surface area (Å²) in [7, 11) is 0. The van der Waals surface area contributed by atoms with Crippen LogP contribution < -0.4 is 5.73 Å². The Hall–Kier alpha value is -1.36. The van der Waals surface area contributed by atoms with Gasteiger partial charge in [-0.3, -0.25) is 9.59 Å². The fraction of sp³-hybridized carbons (Fsp3) is 0.905. The minimum atomic E-state index is -1.17. The van der Waals surface area contributed by atoms with Gasteiger partial charge in [0.25, 0.3) is 0 Å². The van der Waals surface area contributed by atoms with Crippen molar-refractivity contribution in [2.24, 2.45) is 58.0 Å². The molecule has 51 heavy (non-hydrogen) atoms. The van der Waals surface area contributed by atoms with Crippen LogP contribution >= 0.6 is 0 Å². The summed E-state index contributed by atoms with van der Waals surface area (Å²) in [6.45, 7) is 16.2. The number of hydrogen-bond donors (Lipinski definition) is 2. The summed E-state index contributed by atoms with van der Waals surface area (Å²) < 4.78 is 27.9. The third-order valence-electron chi connectivity index (χ3n) is 13.5. The number of aliphatic carboxylic acids is 1. The van der Waals surface area contributed by atoms with Crippen molar-refractivity contribution in [3.05, 3.63) is 11.6 Å². The van der Waals surface area contributed by atoms with E-state index in [0.717, 1.165) is 48.3 Å². The van der Waals surface area contributed by atoms with E-state index in [9.17, 15) is 14.7 Å². The zero-order chi connectivity index (χ0) is 36.9. The summed E-state index contributed by atoms with van der Waals surface area (Å²) in [6, 6.07) is 0. The second-order valence-electron chi connectivity index (χ2n) is 17.2. The zero-order valence-corrected chi connectivity index (χ0v) is 32.8. The molecule has 3 fully saturated rings. The zero-order valence-electron chi connectivity index (χ0n) is 32.8. The van der Waals surface area contributed by atoms with Gasteiger partial charge in [0.05, 0.1) is 59.0 Å². The molecule has 3 N–H and O–H groups in total. The van der Waals surface area contributed by atoms with Crippen molar-refractivity contribution < 1.29 is 38.4 Å². The lowest BCUT2D eigenvalue weighted by atomic mass is 9.47. The predicted molar refractivity (Wildman–Crippen MR) is 200 cm³/mol. The first-order valence-electron chi connectivity index (χ1n) is 20.6. The molecule has 9 heteroatoms. The van der Waals surface area contributed by atoms with Crippen LogP contribution in [0.15, 0.2) is 11.6 Å². The van der Waals surface area contributed by atoms with Gasteiger partial charge in [0.15, 0.2) is 0 Å². The number of ether oxygens (including phenoxy) is 5. The fourth-order valence-corrected chi connectivity index (χ4v) is 10.7. The molecule has 0 bridgehead atoms. The van der Waals surface area contributed by atoms with Crippen molar-refractivity contribution in [2.75, 3.05) is 66.0 Å². The number of carbonyl (C=O) groups is 2. The van der Waals surface area contributed by atoms with Crippen LogP contribution in [0.2, 0.25) is 0 Å². The van der Waals surface area contributed by atoms with Crippen LogP contribution in [-0.4, -0.2) is 89.0 Å². The van der Waals surface area contributed by atoms with Gasteiger partial charge in [-0.15, -0.1) is 0 Å². The molecule has 3 saturated carbocycles. The molecule has 9 nitrogen and oxygen atoms in total. The van der Waals surface area contributed by atoms with Crippen LogP contribution in [0.1, 0.15) is 118 Å². The third kappa shape index (κ3) is 11.6. The molecule has 0 amide bonds. The number of carbonyl (C=O) groups excluding carboxylic acids is 1. The number of carboxylic acid groups (broad SMARTS) is 1. The summed E-state index contributed by atoms with van der Waals surface area (Å²) >= 11 is 0. The molecule has 0 aromatic heterocycles. The Bertz CT molecular complexity index is 1100. The minimum absolute atomic E-state index is 0.150. The maximum atomic E-state index is 12.8. The Morgan fingerprint density at radius 2 is 1.53 bits per heavy atom. The van der Waals surface area contributed by atoms with Gasteiger partial charge < -0.3 is 34.5 Å². The smallest absolute Gasteiger partial charge is 0.316 e. The number of rotatable bonds is 25. The SMILES string of the molecule is CC(C)CCC[C@@H](C)[C@H]1CCC2C3CC=C4CC(OCCCC(=O)C(COCCOCCOCCOCCN)C(=O)O)CC[C@]4(C)C3CC[C@@]21C.